The number of hydrogen-bond acceptors (Lipinski definition) is 7. The molecule has 0 unspecified atom stereocenters. The van der Waals surface area contributed by atoms with Crippen LogP contribution in [0.15, 0.2) is 54.7 Å². The minimum atomic E-state index is -4.65. The zero-order valence-corrected chi connectivity index (χ0v) is 20.2. The number of anilines is 2. The number of rotatable bonds is 6. The van der Waals surface area contributed by atoms with Gasteiger partial charge in [-0.25, -0.2) is 15.0 Å². The molecule has 1 N–H and O–H groups in total. The lowest BCUT2D eigenvalue weighted by molar-refractivity contribution is -0.138. The van der Waals surface area contributed by atoms with E-state index in [9.17, 15) is 26.3 Å². The molecule has 0 radical (unpaired) electrons. The Morgan fingerprint density at radius 2 is 1.62 bits per heavy atom. The third kappa shape index (κ3) is 6.25. The number of nitrogens with zero attached hydrogens (tertiary/aromatic N) is 4. The number of alkyl halides is 6. The number of ether oxygens (including phenoxy) is 2. The maximum absolute atomic E-state index is 13.6. The van der Waals surface area contributed by atoms with Gasteiger partial charge in [0.05, 0.1) is 28.3 Å². The predicted octanol–water partition coefficient (Wildman–Crippen LogP) is 6.56. The van der Waals surface area contributed by atoms with Gasteiger partial charge in [0.1, 0.15) is 18.1 Å². The van der Waals surface area contributed by atoms with Gasteiger partial charge in [0, 0.05) is 25.1 Å². The van der Waals surface area contributed by atoms with Crippen LogP contribution in [0.25, 0.3) is 22.4 Å². The lowest BCUT2D eigenvalue weighted by Crippen LogP contribution is -2.23. The molecule has 3 aromatic heterocycles. The highest BCUT2D eigenvalue weighted by molar-refractivity contribution is 5.90. The first-order valence-corrected chi connectivity index (χ1v) is 11.9. The molecule has 0 saturated carbocycles. The van der Waals surface area contributed by atoms with Crippen LogP contribution in [-0.2, 0) is 28.4 Å². The third-order valence-electron chi connectivity index (χ3n) is 6.05. The summed E-state index contributed by atoms with van der Waals surface area (Å²) in [6.45, 7) is 1.10. The second kappa shape index (κ2) is 10.7. The Labute approximate surface area is 218 Å². The number of halogens is 6. The fourth-order valence-corrected chi connectivity index (χ4v) is 4.10. The van der Waals surface area contributed by atoms with E-state index in [0.29, 0.717) is 37.1 Å². The molecular weight excluding hydrogens is 528 g/mol. The van der Waals surface area contributed by atoms with E-state index < -0.39 is 23.5 Å². The average Bonchev–Trinajstić information content (AvgIpc) is 2.91. The summed E-state index contributed by atoms with van der Waals surface area (Å²) in [5.74, 6) is 0.409. The van der Waals surface area contributed by atoms with Crippen molar-refractivity contribution in [3.63, 3.8) is 0 Å². The molecule has 39 heavy (non-hydrogen) atoms. The Morgan fingerprint density at radius 3 is 2.31 bits per heavy atom. The third-order valence-corrected chi connectivity index (χ3v) is 6.05. The summed E-state index contributed by atoms with van der Waals surface area (Å²) in [5.41, 5.74) is -1.78. The van der Waals surface area contributed by atoms with Gasteiger partial charge >= 0.3 is 12.4 Å². The van der Waals surface area contributed by atoms with Crippen molar-refractivity contribution < 1.29 is 35.8 Å². The van der Waals surface area contributed by atoms with E-state index in [2.05, 4.69) is 25.3 Å². The number of aromatic nitrogens is 4. The fraction of sp³-hybridized carbons (Fsp3) is 0.308. The van der Waals surface area contributed by atoms with Crippen molar-refractivity contribution in [1.29, 1.82) is 0 Å². The zero-order valence-electron chi connectivity index (χ0n) is 20.2. The highest BCUT2D eigenvalue weighted by Gasteiger charge is 2.35. The summed E-state index contributed by atoms with van der Waals surface area (Å²) in [5, 5.41) is 3.31. The Hall–Kier alpha value is -3.84. The highest BCUT2D eigenvalue weighted by atomic mass is 19.4. The van der Waals surface area contributed by atoms with Crippen LogP contribution >= 0.6 is 0 Å². The molecule has 0 amide bonds. The standard InChI is InChI=1S/C26H21F6N5O2/c27-25(28,29)15-3-5-16(6-4-15)34-23-18-7-8-20(22-19(26(30,31)32)2-1-11-33-22)35-24(18)37-21(36-23)14-39-17-9-12-38-13-10-17/h1-8,11,17H,9-10,12-14H2,(H,34,35,36,37). The van der Waals surface area contributed by atoms with Crippen molar-refractivity contribution in [1.82, 2.24) is 19.9 Å². The van der Waals surface area contributed by atoms with Crippen LogP contribution in [0.2, 0.25) is 0 Å². The smallest absolute Gasteiger partial charge is 0.381 e. The van der Waals surface area contributed by atoms with Crippen molar-refractivity contribution >= 4 is 22.5 Å². The Kier molecular flexibility index (Phi) is 7.36. The first-order chi connectivity index (χ1) is 18.6. The van der Waals surface area contributed by atoms with E-state index in [0.717, 1.165) is 18.2 Å². The molecule has 13 heteroatoms. The molecule has 204 valence electrons. The lowest BCUT2D eigenvalue weighted by Gasteiger charge is -2.22. The van der Waals surface area contributed by atoms with Crippen molar-refractivity contribution in [2.75, 3.05) is 18.5 Å². The minimum Gasteiger partial charge on any atom is -0.381 e. The fourth-order valence-electron chi connectivity index (χ4n) is 4.10. The molecule has 1 fully saturated rings. The second-order valence-electron chi connectivity index (χ2n) is 8.78. The van der Waals surface area contributed by atoms with Crippen molar-refractivity contribution in [3.05, 3.63) is 71.7 Å². The first kappa shape index (κ1) is 26.8. The van der Waals surface area contributed by atoms with E-state index in [-0.39, 0.29) is 41.4 Å². The number of benzene rings is 1. The molecule has 1 aromatic carbocycles. The van der Waals surface area contributed by atoms with E-state index >= 15 is 0 Å². The zero-order chi connectivity index (χ0) is 27.6. The molecular formula is C26H21F6N5O2. The van der Waals surface area contributed by atoms with Crippen LogP contribution in [0.4, 0.5) is 37.8 Å². The van der Waals surface area contributed by atoms with Gasteiger partial charge < -0.3 is 14.8 Å². The monoisotopic (exact) mass is 549 g/mol. The van der Waals surface area contributed by atoms with Crippen molar-refractivity contribution in [3.8, 4) is 11.4 Å². The molecule has 4 heterocycles. The summed E-state index contributed by atoms with van der Waals surface area (Å²) in [6.07, 6.45) is -6.61. The number of nitrogens with one attached hydrogen (secondary N) is 1. The van der Waals surface area contributed by atoms with Crippen LogP contribution < -0.4 is 5.32 Å². The molecule has 7 nitrogen and oxygen atoms in total. The van der Waals surface area contributed by atoms with Crippen LogP contribution in [-0.4, -0.2) is 39.3 Å². The van der Waals surface area contributed by atoms with Crippen molar-refractivity contribution in [2.24, 2.45) is 0 Å². The minimum absolute atomic E-state index is 0.00834. The van der Waals surface area contributed by atoms with Crippen molar-refractivity contribution in [2.45, 2.75) is 37.9 Å². The van der Waals surface area contributed by atoms with Gasteiger partial charge in [0.2, 0.25) is 0 Å². The molecule has 0 aliphatic carbocycles. The van der Waals surface area contributed by atoms with E-state index in [1.807, 2.05) is 0 Å². The van der Waals surface area contributed by atoms with Gasteiger partial charge in [-0.05, 0) is 61.4 Å². The molecule has 1 aliphatic heterocycles. The second-order valence-corrected chi connectivity index (χ2v) is 8.78. The molecule has 1 saturated heterocycles. The molecule has 0 spiro atoms. The SMILES string of the molecule is FC(F)(F)c1ccc(Nc2nc(COC3CCOCC3)nc3nc(-c4ncccc4C(F)(F)F)ccc23)cc1. The normalized spacial score (nSPS) is 15.0. The van der Waals surface area contributed by atoms with Gasteiger partial charge in [-0.2, -0.15) is 26.3 Å². The van der Waals surface area contributed by atoms with Crippen LogP contribution in [0.1, 0.15) is 29.8 Å². The summed E-state index contributed by atoms with van der Waals surface area (Å²) in [4.78, 5) is 17.1. The molecule has 0 atom stereocenters. The van der Waals surface area contributed by atoms with Gasteiger partial charge in [-0.15, -0.1) is 0 Å². The van der Waals surface area contributed by atoms with Crippen LogP contribution in [0.3, 0.4) is 0 Å². The Morgan fingerprint density at radius 1 is 0.872 bits per heavy atom. The van der Waals surface area contributed by atoms with E-state index in [1.165, 1.54) is 36.5 Å². The molecule has 5 rings (SSSR count). The Bertz CT molecular complexity index is 1450. The number of hydrogen-bond donors (Lipinski definition) is 1. The maximum atomic E-state index is 13.6. The predicted molar refractivity (Wildman–Crippen MR) is 129 cm³/mol. The van der Waals surface area contributed by atoms with E-state index in [4.69, 9.17) is 9.47 Å². The lowest BCUT2D eigenvalue weighted by atomic mass is 10.1. The van der Waals surface area contributed by atoms with Gasteiger partial charge in [-0.1, -0.05) is 0 Å². The molecule has 4 aromatic rings. The summed E-state index contributed by atoms with van der Waals surface area (Å²) < 4.78 is 91.0. The summed E-state index contributed by atoms with van der Waals surface area (Å²) >= 11 is 0. The van der Waals surface area contributed by atoms with Crippen LogP contribution in [0.5, 0.6) is 0 Å². The largest absolute Gasteiger partial charge is 0.418 e. The molecule has 0 bridgehead atoms. The topological polar surface area (TPSA) is 82.1 Å². The van der Waals surface area contributed by atoms with Gasteiger partial charge in [0.25, 0.3) is 0 Å². The van der Waals surface area contributed by atoms with E-state index in [1.54, 1.807) is 0 Å². The molecule has 1 aliphatic rings. The average molecular weight is 549 g/mol. The number of pyridine rings is 2. The summed E-state index contributed by atoms with van der Waals surface area (Å²) in [7, 11) is 0. The Balaban J connectivity index is 1.53. The first-order valence-electron chi connectivity index (χ1n) is 11.9. The van der Waals surface area contributed by atoms with Gasteiger partial charge in [0.15, 0.2) is 11.5 Å². The van der Waals surface area contributed by atoms with Gasteiger partial charge in [-0.3, -0.25) is 4.98 Å². The quantitative estimate of drug-likeness (QED) is 0.273. The van der Waals surface area contributed by atoms with Crippen LogP contribution in [0, 0.1) is 0 Å². The highest BCUT2D eigenvalue weighted by Crippen LogP contribution is 2.36. The number of fused-ring (bicyclic) bond motifs is 1. The summed E-state index contributed by atoms with van der Waals surface area (Å²) in [6, 6.07) is 9.31. The maximum Gasteiger partial charge on any atom is 0.418 e.